The van der Waals surface area contributed by atoms with Gasteiger partial charge in [-0.2, -0.15) is 0 Å². The van der Waals surface area contributed by atoms with E-state index in [1.54, 1.807) is 0 Å². The first-order valence-corrected chi connectivity index (χ1v) is 5.85. The molecule has 1 aliphatic rings. The Morgan fingerprint density at radius 2 is 2.18 bits per heavy atom. The third kappa shape index (κ3) is 2.40. The largest absolute Gasteiger partial charge is 0.376 e. The molecule has 17 heavy (non-hydrogen) atoms. The average Bonchev–Trinajstić information content (AvgIpc) is 2.27. The first-order chi connectivity index (χ1) is 7.89. The summed E-state index contributed by atoms with van der Waals surface area (Å²) in [5.41, 5.74) is 7.33. The van der Waals surface area contributed by atoms with Crippen LogP contribution in [0.4, 0.5) is 0 Å². The Morgan fingerprint density at radius 3 is 2.82 bits per heavy atom. The van der Waals surface area contributed by atoms with Crippen molar-refractivity contribution in [2.24, 2.45) is 11.1 Å². The predicted molar refractivity (Wildman–Crippen MR) is 64.6 cm³/mol. The molecule has 94 valence electrons. The minimum absolute atomic E-state index is 0.121. The van der Waals surface area contributed by atoms with Crippen LogP contribution in [0.15, 0.2) is 4.79 Å². The van der Waals surface area contributed by atoms with Gasteiger partial charge in [-0.3, -0.25) is 4.79 Å². The lowest BCUT2D eigenvalue weighted by atomic mass is 9.87. The number of nitrogens with zero attached hydrogens (tertiary/aromatic N) is 1. The van der Waals surface area contributed by atoms with E-state index in [0.29, 0.717) is 31.0 Å². The average molecular weight is 237 g/mol. The van der Waals surface area contributed by atoms with Crippen LogP contribution in [0, 0.1) is 5.41 Å². The summed E-state index contributed by atoms with van der Waals surface area (Å²) in [6.07, 6.45) is 0.684. The number of nitrogens with two attached hydrogens (primary N) is 1. The molecule has 0 fully saturated rings. The number of ether oxygens (including phenoxy) is 1. The standard InChI is InChI=1S/C12H19N3O2/c1-12(2,3)9(13)10-14-8-4-5-17-6-7(8)11(16)15-10/h9H,4-6,13H2,1-3H3,(H,14,15,16). The summed E-state index contributed by atoms with van der Waals surface area (Å²) < 4.78 is 5.25. The first-order valence-electron chi connectivity index (χ1n) is 5.85. The zero-order valence-electron chi connectivity index (χ0n) is 10.5. The van der Waals surface area contributed by atoms with E-state index < -0.39 is 0 Å². The van der Waals surface area contributed by atoms with Crippen molar-refractivity contribution in [1.29, 1.82) is 0 Å². The minimum Gasteiger partial charge on any atom is -0.376 e. The fraction of sp³-hybridized carbons (Fsp3) is 0.667. The van der Waals surface area contributed by atoms with E-state index in [0.717, 1.165) is 5.69 Å². The highest BCUT2D eigenvalue weighted by Gasteiger charge is 2.26. The SMILES string of the molecule is CC(C)(C)C(N)c1nc2c(c(=O)[nH]1)COCC2. The first kappa shape index (κ1) is 12.3. The number of aromatic nitrogens is 2. The molecule has 1 aromatic heterocycles. The Balaban J connectivity index is 2.44. The van der Waals surface area contributed by atoms with Crippen LogP contribution < -0.4 is 11.3 Å². The van der Waals surface area contributed by atoms with Crippen LogP contribution >= 0.6 is 0 Å². The van der Waals surface area contributed by atoms with Gasteiger partial charge in [0.05, 0.1) is 30.5 Å². The molecule has 0 amide bonds. The summed E-state index contributed by atoms with van der Waals surface area (Å²) in [6.45, 7) is 7.05. The molecule has 1 aliphatic heterocycles. The molecule has 0 aromatic carbocycles. The van der Waals surface area contributed by atoms with Crippen molar-refractivity contribution in [3.63, 3.8) is 0 Å². The Bertz CT molecular complexity index is 474. The molecule has 3 N–H and O–H groups in total. The number of hydrogen-bond acceptors (Lipinski definition) is 4. The lowest BCUT2D eigenvalue weighted by Crippen LogP contribution is -2.33. The smallest absolute Gasteiger partial charge is 0.256 e. The molecule has 5 heteroatoms. The molecule has 0 saturated heterocycles. The monoisotopic (exact) mass is 237 g/mol. The number of aromatic amines is 1. The Hall–Kier alpha value is -1.20. The van der Waals surface area contributed by atoms with Crippen molar-refractivity contribution in [2.45, 2.75) is 39.8 Å². The summed E-state index contributed by atoms with van der Waals surface area (Å²) in [5, 5.41) is 0. The van der Waals surface area contributed by atoms with Gasteiger partial charge in [-0.15, -0.1) is 0 Å². The zero-order valence-corrected chi connectivity index (χ0v) is 10.5. The van der Waals surface area contributed by atoms with Gasteiger partial charge < -0.3 is 15.5 Å². The van der Waals surface area contributed by atoms with E-state index in [-0.39, 0.29) is 17.0 Å². The third-order valence-corrected chi connectivity index (χ3v) is 3.08. The maximum Gasteiger partial charge on any atom is 0.256 e. The molecule has 0 aliphatic carbocycles. The van der Waals surface area contributed by atoms with Gasteiger partial charge in [0.2, 0.25) is 0 Å². The Labute approximate surface area is 100 Å². The van der Waals surface area contributed by atoms with Gasteiger partial charge in [-0.25, -0.2) is 4.98 Å². The van der Waals surface area contributed by atoms with E-state index >= 15 is 0 Å². The second-order valence-corrected chi connectivity index (χ2v) is 5.52. The number of fused-ring (bicyclic) bond motifs is 1. The molecule has 0 radical (unpaired) electrons. The predicted octanol–water partition coefficient (Wildman–Crippen LogP) is 0.888. The van der Waals surface area contributed by atoms with Crippen LogP contribution in [-0.2, 0) is 17.8 Å². The zero-order chi connectivity index (χ0) is 12.6. The maximum atomic E-state index is 11.9. The van der Waals surface area contributed by atoms with E-state index in [2.05, 4.69) is 9.97 Å². The number of nitrogens with one attached hydrogen (secondary N) is 1. The van der Waals surface area contributed by atoms with Crippen molar-refractivity contribution in [2.75, 3.05) is 6.61 Å². The summed E-state index contributed by atoms with van der Waals surface area (Å²) in [5.74, 6) is 0.572. The van der Waals surface area contributed by atoms with Crippen molar-refractivity contribution >= 4 is 0 Å². The van der Waals surface area contributed by atoms with Gasteiger partial charge in [-0.05, 0) is 5.41 Å². The minimum atomic E-state index is -0.275. The molecule has 0 bridgehead atoms. The molecule has 2 heterocycles. The Kier molecular flexibility index (Phi) is 3.05. The van der Waals surface area contributed by atoms with Gasteiger partial charge in [0.25, 0.3) is 5.56 Å². The van der Waals surface area contributed by atoms with Gasteiger partial charge in [0, 0.05) is 6.42 Å². The molecular weight excluding hydrogens is 218 g/mol. The highest BCUT2D eigenvalue weighted by molar-refractivity contribution is 5.20. The molecule has 0 spiro atoms. The molecule has 0 saturated carbocycles. The molecule has 2 rings (SSSR count). The van der Waals surface area contributed by atoms with Crippen LogP contribution in [0.2, 0.25) is 0 Å². The topological polar surface area (TPSA) is 81.0 Å². The second kappa shape index (κ2) is 4.23. The van der Waals surface area contributed by atoms with Crippen LogP contribution in [0.25, 0.3) is 0 Å². The maximum absolute atomic E-state index is 11.9. The highest BCUT2D eigenvalue weighted by atomic mass is 16.5. The number of H-pyrrole nitrogens is 1. The number of hydrogen-bond donors (Lipinski definition) is 2. The van der Waals surface area contributed by atoms with Gasteiger partial charge in [0.1, 0.15) is 5.82 Å². The lowest BCUT2D eigenvalue weighted by Gasteiger charge is -2.27. The van der Waals surface area contributed by atoms with Crippen molar-refractivity contribution in [1.82, 2.24) is 9.97 Å². The van der Waals surface area contributed by atoms with Gasteiger partial charge in [-0.1, -0.05) is 20.8 Å². The highest BCUT2D eigenvalue weighted by Crippen LogP contribution is 2.28. The Morgan fingerprint density at radius 1 is 1.47 bits per heavy atom. The fourth-order valence-corrected chi connectivity index (χ4v) is 1.82. The van der Waals surface area contributed by atoms with Gasteiger partial charge >= 0.3 is 0 Å². The van der Waals surface area contributed by atoms with Crippen LogP contribution in [0.3, 0.4) is 0 Å². The molecule has 5 nitrogen and oxygen atoms in total. The van der Waals surface area contributed by atoms with Crippen molar-refractivity contribution < 1.29 is 4.74 Å². The summed E-state index contributed by atoms with van der Waals surface area (Å²) in [7, 11) is 0. The van der Waals surface area contributed by atoms with E-state index in [4.69, 9.17) is 10.5 Å². The van der Waals surface area contributed by atoms with Gasteiger partial charge in [0.15, 0.2) is 0 Å². The molecular formula is C12H19N3O2. The van der Waals surface area contributed by atoms with Crippen molar-refractivity contribution in [3.8, 4) is 0 Å². The van der Waals surface area contributed by atoms with E-state index in [1.807, 2.05) is 20.8 Å². The van der Waals surface area contributed by atoms with Crippen LogP contribution in [-0.4, -0.2) is 16.6 Å². The third-order valence-electron chi connectivity index (χ3n) is 3.08. The van der Waals surface area contributed by atoms with E-state index in [1.165, 1.54) is 0 Å². The normalized spacial score (nSPS) is 17.6. The quantitative estimate of drug-likeness (QED) is 0.760. The molecule has 1 atom stereocenters. The van der Waals surface area contributed by atoms with E-state index in [9.17, 15) is 4.79 Å². The summed E-state index contributed by atoms with van der Waals surface area (Å²) in [6, 6.07) is -0.275. The van der Waals surface area contributed by atoms with Crippen LogP contribution in [0.5, 0.6) is 0 Å². The summed E-state index contributed by atoms with van der Waals surface area (Å²) in [4.78, 5) is 19.1. The summed E-state index contributed by atoms with van der Waals surface area (Å²) >= 11 is 0. The fourth-order valence-electron chi connectivity index (χ4n) is 1.82. The number of rotatable bonds is 1. The molecule has 1 unspecified atom stereocenters. The second-order valence-electron chi connectivity index (χ2n) is 5.52. The van der Waals surface area contributed by atoms with Crippen molar-refractivity contribution in [3.05, 3.63) is 27.4 Å². The lowest BCUT2D eigenvalue weighted by molar-refractivity contribution is 0.107. The van der Waals surface area contributed by atoms with Crippen LogP contribution in [0.1, 0.15) is 43.9 Å². The molecule has 1 aromatic rings.